The van der Waals surface area contributed by atoms with Crippen LogP contribution >= 0.6 is 0 Å². The first-order valence-electron chi connectivity index (χ1n) is 10.5. The van der Waals surface area contributed by atoms with Gasteiger partial charge in [0.15, 0.2) is 5.78 Å². The fourth-order valence-electron chi connectivity index (χ4n) is 4.54. The van der Waals surface area contributed by atoms with Crippen LogP contribution in [0.3, 0.4) is 0 Å². The lowest BCUT2D eigenvalue weighted by Crippen LogP contribution is -2.24. The summed E-state index contributed by atoms with van der Waals surface area (Å²) < 4.78 is 6.01. The summed E-state index contributed by atoms with van der Waals surface area (Å²) in [5.41, 5.74) is 5.81. The van der Waals surface area contributed by atoms with Gasteiger partial charge >= 0.3 is 5.97 Å². The Kier molecular flexibility index (Phi) is 4.67. The van der Waals surface area contributed by atoms with Gasteiger partial charge in [-0.25, -0.2) is 4.79 Å². The monoisotopic (exact) mass is 406 g/mol. The number of ketones is 1. The van der Waals surface area contributed by atoms with E-state index in [-0.39, 0.29) is 17.7 Å². The topological polar surface area (TPSA) is 43.4 Å². The molecular formula is C28H22O3. The number of cyclic esters (lactones) is 1. The first kappa shape index (κ1) is 19.3. The molecule has 3 nitrogen and oxygen atoms in total. The Morgan fingerprint density at radius 2 is 1.16 bits per heavy atom. The van der Waals surface area contributed by atoms with Crippen molar-refractivity contribution in [3.05, 3.63) is 113 Å². The average molecular weight is 406 g/mol. The number of carbonyl (C=O) groups excluding carboxylic acids is 2. The maximum absolute atomic E-state index is 14.0. The number of hydrogen-bond donors (Lipinski definition) is 0. The van der Waals surface area contributed by atoms with E-state index in [2.05, 4.69) is 0 Å². The Balaban J connectivity index is 1.91. The van der Waals surface area contributed by atoms with E-state index in [0.29, 0.717) is 16.7 Å². The van der Waals surface area contributed by atoms with Gasteiger partial charge in [-0.1, -0.05) is 92.7 Å². The van der Waals surface area contributed by atoms with Gasteiger partial charge in [-0.3, -0.25) is 4.79 Å². The Morgan fingerprint density at radius 3 is 1.74 bits per heavy atom. The lowest BCUT2D eigenvalue weighted by atomic mass is 9.86. The molecule has 0 radical (unpaired) electrons. The number of ether oxygens (including phenoxy) is 1. The lowest BCUT2D eigenvalue weighted by molar-refractivity contribution is -0.108. The van der Waals surface area contributed by atoms with Gasteiger partial charge in [0.1, 0.15) is 6.10 Å². The van der Waals surface area contributed by atoms with Gasteiger partial charge in [-0.2, -0.15) is 0 Å². The third-order valence-electron chi connectivity index (χ3n) is 5.91. The molecule has 3 heteroatoms. The molecule has 0 saturated heterocycles. The standard InChI is InChI=1S/C28H22O3/c1-17(2)27-25-23(19-13-7-4-8-14-19)26(29)22(18-11-5-3-6-12-18)24(25)20-15-9-10-16-21(20)28(30)31-27/h3-17,27H,1-2H3/t27-/m0/s1. The summed E-state index contributed by atoms with van der Waals surface area (Å²) in [6.45, 7) is 4.04. The van der Waals surface area contributed by atoms with E-state index in [1.54, 1.807) is 6.07 Å². The molecule has 0 unspecified atom stereocenters. The van der Waals surface area contributed by atoms with E-state index >= 15 is 0 Å². The quantitative estimate of drug-likeness (QED) is 0.514. The summed E-state index contributed by atoms with van der Waals surface area (Å²) in [5.74, 6) is -0.373. The van der Waals surface area contributed by atoms with Crippen LogP contribution in [0.5, 0.6) is 0 Å². The van der Waals surface area contributed by atoms with Crippen LogP contribution in [-0.2, 0) is 9.53 Å². The Morgan fingerprint density at radius 1 is 0.645 bits per heavy atom. The highest BCUT2D eigenvalue weighted by molar-refractivity contribution is 6.52. The molecule has 0 fully saturated rings. The molecule has 3 aromatic rings. The van der Waals surface area contributed by atoms with E-state index in [4.69, 9.17) is 4.74 Å². The molecule has 1 heterocycles. The molecule has 0 spiro atoms. The number of benzene rings is 3. The minimum Gasteiger partial charge on any atom is -0.454 e. The predicted molar refractivity (Wildman–Crippen MR) is 122 cm³/mol. The summed E-state index contributed by atoms with van der Waals surface area (Å²) in [4.78, 5) is 27.1. The summed E-state index contributed by atoms with van der Waals surface area (Å²) in [6.07, 6.45) is -0.518. The first-order valence-corrected chi connectivity index (χ1v) is 10.5. The molecule has 0 aromatic heterocycles. The minimum absolute atomic E-state index is 0.00454. The molecule has 0 saturated carbocycles. The van der Waals surface area contributed by atoms with Crippen molar-refractivity contribution in [2.24, 2.45) is 5.92 Å². The number of rotatable bonds is 3. The second kappa shape index (κ2) is 7.51. The number of carbonyl (C=O) groups is 2. The van der Waals surface area contributed by atoms with Crippen molar-refractivity contribution in [2.75, 3.05) is 0 Å². The Labute approximate surface area is 181 Å². The molecule has 1 atom stereocenters. The maximum atomic E-state index is 14.0. The van der Waals surface area contributed by atoms with Crippen molar-refractivity contribution in [3.63, 3.8) is 0 Å². The van der Waals surface area contributed by atoms with Crippen LogP contribution in [-0.4, -0.2) is 17.9 Å². The van der Waals surface area contributed by atoms with Crippen LogP contribution in [0.15, 0.2) is 90.5 Å². The maximum Gasteiger partial charge on any atom is 0.339 e. The van der Waals surface area contributed by atoms with Gasteiger partial charge < -0.3 is 4.74 Å². The predicted octanol–water partition coefficient (Wildman–Crippen LogP) is 5.83. The normalized spacial score (nSPS) is 18.1. The molecule has 2 aliphatic rings. The van der Waals surface area contributed by atoms with Gasteiger partial charge in [0, 0.05) is 22.3 Å². The van der Waals surface area contributed by atoms with Crippen molar-refractivity contribution in [2.45, 2.75) is 20.0 Å². The van der Waals surface area contributed by atoms with Gasteiger partial charge in [0.05, 0.1) is 5.56 Å². The van der Waals surface area contributed by atoms with Crippen LogP contribution in [0.2, 0.25) is 0 Å². The van der Waals surface area contributed by atoms with Crippen LogP contribution in [0.1, 0.15) is 40.9 Å². The first-order chi connectivity index (χ1) is 15.1. The Hall–Kier alpha value is -3.72. The zero-order chi connectivity index (χ0) is 21.5. The molecule has 0 N–H and O–H groups in total. The average Bonchev–Trinajstić information content (AvgIpc) is 3.03. The molecule has 0 bridgehead atoms. The Bertz CT molecular complexity index is 1250. The summed E-state index contributed by atoms with van der Waals surface area (Å²) in [6, 6.07) is 26.8. The van der Waals surface area contributed by atoms with Crippen molar-refractivity contribution in [1.82, 2.24) is 0 Å². The lowest BCUT2D eigenvalue weighted by Gasteiger charge is -2.23. The van der Waals surface area contributed by atoms with E-state index in [1.165, 1.54) is 0 Å². The third kappa shape index (κ3) is 3.05. The molecule has 31 heavy (non-hydrogen) atoms. The SMILES string of the molecule is CC(C)[C@@H]1OC(=O)c2ccccc2C2=C(c3ccccc3)C(=O)C(c3ccccc3)=C21. The minimum atomic E-state index is -0.518. The highest BCUT2D eigenvalue weighted by Crippen LogP contribution is 2.50. The zero-order valence-corrected chi connectivity index (χ0v) is 17.5. The van der Waals surface area contributed by atoms with Crippen LogP contribution < -0.4 is 0 Å². The zero-order valence-electron chi connectivity index (χ0n) is 17.5. The molecule has 3 aromatic carbocycles. The largest absolute Gasteiger partial charge is 0.454 e. The van der Waals surface area contributed by atoms with E-state index < -0.39 is 6.10 Å². The molecule has 1 aliphatic carbocycles. The highest BCUT2D eigenvalue weighted by atomic mass is 16.5. The number of hydrogen-bond acceptors (Lipinski definition) is 3. The van der Waals surface area contributed by atoms with Crippen LogP contribution in [0.25, 0.3) is 16.7 Å². The molecule has 152 valence electrons. The number of esters is 1. The molecule has 5 rings (SSSR count). The van der Waals surface area contributed by atoms with E-state index in [9.17, 15) is 9.59 Å². The summed E-state index contributed by atoms with van der Waals surface area (Å²) in [5, 5.41) is 0. The smallest absolute Gasteiger partial charge is 0.339 e. The fourth-order valence-corrected chi connectivity index (χ4v) is 4.54. The van der Waals surface area contributed by atoms with Gasteiger partial charge in [0.2, 0.25) is 0 Å². The van der Waals surface area contributed by atoms with Crippen molar-refractivity contribution >= 4 is 28.5 Å². The number of fused-ring (bicyclic) bond motifs is 3. The van der Waals surface area contributed by atoms with Crippen molar-refractivity contribution < 1.29 is 14.3 Å². The molecule has 0 amide bonds. The third-order valence-corrected chi connectivity index (χ3v) is 5.91. The second-order valence-corrected chi connectivity index (χ2v) is 8.22. The van der Waals surface area contributed by atoms with E-state index in [1.807, 2.05) is 92.7 Å². The fraction of sp³-hybridized carbons (Fsp3) is 0.143. The van der Waals surface area contributed by atoms with E-state index in [0.717, 1.165) is 27.8 Å². The second-order valence-electron chi connectivity index (χ2n) is 8.22. The van der Waals surface area contributed by atoms with Crippen LogP contribution in [0, 0.1) is 5.92 Å². The molecule has 1 aliphatic heterocycles. The van der Waals surface area contributed by atoms with Crippen LogP contribution in [0.4, 0.5) is 0 Å². The van der Waals surface area contributed by atoms with Crippen molar-refractivity contribution in [1.29, 1.82) is 0 Å². The van der Waals surface area contributed by atoms with Gasteiger partial charge in [0.25, 0.3) is 0 Å². The number of allylic oxidation sites excluding steroid dienone is 2. The van der Waals surface area contributed by atoms with Gasteiger partial charge in [-0.05, 0) is 28.7 Å². The molecular weight excluding hydrogens is 384 g/mol. The number of Topliss-reactive ketones (excluding diaryl/α,β-unsaturated/α-hetero) is 1. The summed E-state index contributed by atoms with van der Waals surface area (Å²) >= 11 is 0. The van der Waals surface area contributed by atoms with Crippen molar-refractivity contribution in [3.8, 4) is 0 Å². The summed E-state index contributed by atoms with van der Waals surface area (Å²) in [7, 11) is 0. The highest BCUT2D eigenvalue weighted by Gasteiger charge is 2.43. The van der Waals surface area contributed by atoms with Gasteiger partial charge in [-0.15, -0.1) is 0 Å².